The predicted octanol–water partition coefficient (Wildman–Crippen LogP) is 3.31. The van der Waals surface area contributed by atoms with Gasteiger partial charge in [0.15, 0.2) is 0 Å². The molecule has 20 heavy (non-hydrogen) atoms. The Bertz CT molecular complexity index is 501. The summed E-state index contributed by atoms with van der Waals surface area (Å²) in [6.07, 6.45) is 0.141. The van der Waals surface area contributed by atoms with Crippen molar-refractivity contribution in [1.82, 2.24) is 5.32 Å². The van der Waals surface area contributed by atoms with E-state index < -0.39 is 11.9 Å². The van der Waals surface area contributed by atoms with Crippen molar-refractivity contribution in [2.75, 3.05) is 6.54 Å². The molecule has 3 nitrogen and oxygen atoms in total. The number of halogens is 2. The summed E-state index contributed by atoms with van der Waals surface area (Å²) in [4.78, 5) is 12.1. The third-order valence-electron chi connectivity index (χ3n) is 3.07. The number of nitrogens with one attached hydrogen (secondary N) is 1. The fourth-order valence-electron chi connectivity index (χ4n) is 2.12. The second-order valence-electron chi connectivity index (χ2n) is 5.98. The number of benzene rings is 1. The van der Waals surface area contributed by atoms with Gasteiger partial charge in [-0.25, -0.2) is 4.39 Å². The van der Waals surface area contributed by atoms with Crippen LogP contribution in [0.4, 0.5) is 4.39 Å². The van der Waals surface area contributed by atoms with Crippen molar-refractivity contribution in [1.29, 1.82) is 0 Å². The van der Waals surface area contributed by atoms with Gasteiger partial charge >= 0.3 is 0 Å². The van der Waals surface area contributed by atoms with E-state index in [1.807, 2.05) is 13.8 Å². The van der Waals surface area contributed by atoms with Crippen molar-refractivity contribution in [3.63, 3.8) is 0 Å². The molecule has 0 aliphatic heterocycles. The molecule has 1 aromatic rings. The average Bonchev–Trinajstić information content (AvgIpc) is 2.29. The molecule has 0 aromatic heterocycles. The average molecular weight is 302 g/mol. The Kier molecular flexibility index (Phi) is 5.54. The topological polar surface area (TPSA) is 49.3 Å². The fourth-order valence-corrected chi connectivity index (χ4v) is 2.35. The minimum absolute atomic E-state index is 0.0962. The molecule has 0 spiro atoms. The molecule has 0 saturated heterocycles. The zero-order valence-corrected chi connectivity index (χ0v) is 13.0. The minimum atomic E-state index is -0.432. The van der Waals surface area contributed by atoms with Gasteiger partial charge in [-0.2, -0.15) is 0 Å². The van der Waals surface area contributed by atoms with Crippen LogP contribution in [0.25, 0.3) is 0 Å². The zero-order valence-electron chi connectivity index (χ0n) is 12.3. The van der Waals surface area contributed by atoms with Crippen LogP contribution in [-0.4, -0.2) is 23.7 Å². The van der Waals surface area contributed by atoms with E-state index in [1.165, 1.54) is 6.07 Å². The Hall–Kier alpha value is -1.13. The van der Waals surface area contributed by atoms with E-state index in [0.29, 0.717) is 18.5 Å². The van der Waals surface area contributed by atoms with E-state index in [4.69, 9.17) is 11.6 Å². The fraction of sp³-hybridized carbons (Fsp3) is 0.533. The van der Waals surface area contributed by atoms with E-state index in [9.17, 15) is 14.3 Å². The van der Waals surface area contributed by atoms with Crippen LogP contribution in [0.15, 0.2) is 12.1 Å². The lowest BCUT2D eigenvalue weighted by atomic mass is 9.87. The van der Waals surface area contributed by atoms with Crippen molar-refractivity contribution in [3.05, 3.63) is 34.1 Å². The Morgan fingerprint density at radius 3 is 2.65 bits per heavy atom. The van der Waals surface area contributed by atoms with Crippen LogP contribution in [0, 0.1) is 18.2 Å². The summed E-state index contributed by atoms with van der Waals surface area (Å²) in [5.74, 6) is -0.766. The lowest BCUT2D eigenvalue weighted by molar-refractivity contribution is 0.0902. The molecule has 0 bridgehead atoms. The molecule has 1 amide bonds. The van der Waals surface area contributed by atoms with E-state index in [-0.39, 0.29) is 21.9 Å². The Morgan fingerprint density at radius 2 is 2.10 bits per heavy atom. The van der Waals surface area contributed by atoms with Gasteiger partial charge in [-0.05, 0) is 43.4 Å². The molecule has 0 fully saturated rings. The molecule has 0 saturated carbocycles. The van der Waals surface area contributed by atoms with Gasteiger partial charge in [0.1, 0.15) is 5.82 Å². The van der Waals surface area contributed by atoms with Gasteiger partial charge in [-0.15, -0.1) is 0 Å². The highest BCUT2D eigenvalue weighted by atomic mass is 35.5. The number of carbonyl (C=O) groups excluding carboxylic acids is 1. The molecule has 0 heterocycles. The maximum Gasteiger partial charge on any atom is 0.252 e. The summed E-state index contributed by atoms with van der Waals surface area (Å²) in [6, 6.07) is 2.58. The maximum atomic E-state index is 13.3. The summed E-state index contributed by atoms with van der Waals surface area (Å²) in [6.45, 7) is 7.61. The van der Waals surface area contributed by atoms with Gasteiger partial charge in [0.2, 0.25) is 0 Å². The van der Waals surface area contributed by atoms with Crippen LogP contribution in [0.5, 0.6) is 0 Å². The number of hydrogen-bond acceptors (Lipinski definition) is 2. The van der Waals surface area contributed by atoms with Crippen LogP contribution in [-0.2, 0) is 0 Å². The standard InChI is InChI=1S/C15H21ClFNO2/c1-9-5-11(12(16)6-13(9)17)14(20)18-8-15(3,4)7-10(2)19/h5-6,10,19H,7-8H2,1-4H3,(H,18,20). The Labute approximate surface area is 124 Å². The second-order valence-corrected chi connectivity index (χ2v) is 6.39. The zero-order chi connectivity index (χ0) is 15.5. The second kappa shape index (κ2) is 6.55. The van der Waals surface area contributed by atoms with Crippen LogP contribution in [0.3, 0.4) is 0 Å². The van der Waals surface area contributed by atoms with Gasteiger partial charge in [-0.1, -0.05) is 25.4 Å². The Morgan fingerprint density at radius 1 is 1.50 bits per heavy atom. The first kappa shape index (κ1) is 16.9. The molecule has 1 atom stereocenters. The first-order chi connectivity index (χ1) is 9.12. The molecule has 1 unspecified atom stereocenters. The number of amides is 1. The lowest BCUT2D eigenvalue weighted by Gasteiger charge is -2.26. The first-order valence-electron chi connectivity index (χ1n) is 6.54. The molecule has 0 aliphatic rings. The molecule has 0 radical (unpaired) electrons. The Balaban J connectivity index is 2.75. The van der Waals surface area contributed by atoms with Gasteiger partial charge < -0.3 is 10.4 Å². The van der Waals surface area contributed by atoms with E-state index in [0.717, 1.165) is 6.07 Å². The van der Waals surface area contributed by atoms with Gasteiger partial charge in [-0.3, -0.25) is 4.79 Å². The molecule has 1 rings (SSSR count). The molecule has 2 N–H and O–H groups in total. The quantitative estimate of drug-likeness (QED) is 0.876. The van der Waals surface area contributed by atoms with Crippen molar-refractivity contribution in [2.45, 2.75) is 40.2 Å². The van der Waals surface area contributed by atoms with Crippen LogP contribution >= 0.6 is 11.6 Å². The predicted molar refractivity (Wildman–Crippen MR) is 78.6 cm³/mol. The smallest absolute Gasteiger partial charge is 0.252 e. The first-order valence-corrected chi connectivity index (χ1v) is 6.92. The van der Waals surface area contributed by atoms with Crippen LogP contribution in [0.1, 0.15) is 43.1 Å². The third-order valence-corrected chi connectivity index (χ3v) is 3.38. The van der Waals surface area contributed by atoms with Crippen molar-refractivity contribution >= 4 is 17.5 Å². The molecule has 1 aromatic carbocycles. The van der Waals surface area contributed by atoms with Crippen molar-refractivity contribution in [2.24, 2.45) is 5.41 Å². The molecular weight excluding hydrogens is 281 g/mol. The summed E-state index contributed by atoms with van der Waals surface area (Å²) in [5, 5.41) is 12.3. The van der Waals surface area contributed by atoms with E-state index in [1.54, 1.807) is 13.8 Å². The summed E-state index contributed by atoms with van der Waals surface area (Å²) in [5.41, 5.74) is 0.409. The highest BCUT2D eigenvalue weighted by Gasteiger charge is 2.22. The third kappa shape index (κ3) is 4.76. The summed E-state index contributed by atoms with van der Waals surface area (Å²) >= 11 is 5.89. The number of aryl methyl sites for hydroxylation is 1. The summed E-state index contributed by atoms with van der Waals surface area (Å²) < 4.78 is 13.3. The number of aliphatic hydroxyl groups excluding tert-OH is 1. The van der Waals surface area contributed by atoms with Crippen molar-refractivity contribution in [3.8, 4) is 0 Å². The molecule has 5 heteroatoms. The SMILES string of the molecule is Cc1cc(C(=O)NCC(C)(C)CC(C)O)c(Cl)cc1F. The summed E-state index contributed by atoms with van der Waals surface area (Å²) in [7, 11) is 0. The molecule has 112 valence electrons. The normalized spacial score (nSPS) is 13.2. The van der Waals surface area contributed by atoms with Crippen LogP contribution < -0.4 is 5.32 Å². The number of rotatable bonds is 5. The monoisotopic (exact) mass is 301 g/mol. The minimum Gasteiger partial charge on any atom is -0.393 e. The largest absolute Gasteiger partial charge is 0.393 e. The highest BCUT2D eigenvalue weighted by Crippen LogP contribution is 2.23. The number of aliphatic hydroxyl groups is 1. The molecule has 0 aliphatic carbocycles. The van der Waals surface area contributed by atoms with Crippen molar-refractivity contribution < 1.29 is 14.3 Å². The van der Waals surface area contributed by atoms with Gasteiger partial charge in [0, 0.05) is 6.54 Å². The van der Waals surface area contributed by atoms with E-state index >= 15 is 0 Å². The van der Waals surface area contributed by atoms with E-state index in [2.05, 4.69) is 5.32 Å². The van der Waals surface area contributed by atoms with Crippen LogP contribution in [0.2, 0.25) is 5.02 Å². The lowest BCUT2D eigenvalue weighted by Crippen LogP contribution is -2.35. The number of hydrogen-bond donors (Lipinski definition) is 2. The highest BCUT2D eigenvalue weighted by molar-refractivity contribution is 6.33. The van der Waals surface area contributed by atoms with Gasteiger partial charge in [0.25, 0.3) is 5.91 Å². The molecular formula is C15H21ClFNO2. The van der Waals surface area contributed by atoms with Gasteiger partial charge in [0.05, 0.1) is 16.7 Å². The number of carbonyl (C=O) groups is 1. The maximum absolute atomic E-state index is 13.3.